The molecule has 0 saturated carbocycles. The van der Waals surface area contributed by atoms with E-state index in [1.807, 2.05) is 0 Å². The van der Waals surface area contributed by atoms with Crippen LogP contribution in [0.15, 0.2) is 34.8 Å². The van der Waals surface area contributed by atoms with Crippen LogP contribution in [0.25, 0.3) is 6.08 Å². The van der Waals surface area contributed by atoms with Gasteiger partial charge in [-0.15, -0.1) is 0 Å². The van der Waals surface area contributed by atoms with Crippen LogP contribution in [0, 0.1) is 13.8 Å². The van der Waals surface area contributed by atoms with Gasteiger partial charge in [0.2, 0.25) is 0 Å². The molecule has 2 rings (SSSR count). The number of carbonyl (C=O) groups excluding carboxylic acids is 2. The highest BCUT2D eigenvalue weighted by molar-refractivity contribution is 9.10. The largest absolute Gasteiger partial charge is 0.507 e. The molecule has 0 aromatic heterocycles. The number of aldehydes is 2. The number of aromatic hydroxyl groups is 2. The summed E-state index contributed by atoms with van der Waals surface area (Å²) in [4.78, 5) is 21.3. The number of halogens is 1. The Morgan fingerprint density at radius 2 is 1.54 bits per heavy atom. The number of hydrogen-bond acceptors (Lipinski definition) is 6. The molecule has 0 radical (unpaired) electrons. The molecule has 0 aliphatic heterocycles. The molecule has 28 heavy (non-hydrogen) atoms. The molecule has 0 aliphatic rings. The third-order valence-corrected chi connectivity index (χ3v) is 4.57. The van der Waals surface area contributed by atoms with Gasteiger partial charge in [-0.3, -0.25) is 9.59 Å². The molecule has 0 aliphatic carbocycles. The van der Waals surface area contributed by atoms with Gasteiger partial charge in [-0.25, -0.2) is 0 Å². The number of phenols is 2. The fraction of sp³-hybridized carbons (Fsp3) is 0.200. The van der Waals surface area contributed by atoms with Crippen LogP contribution >= 0.6 is 15.9 Å². The van der Waals surface area contributed by atoms with Gasteiger partial charge in [0.1, 0.15) is 11.5 Å². The Hall–Kier alpha value is -2.42. The van der Waals surface area contributed by atoms with Gasteiger partial charge in [0.05, 0.1) is 11.1 Å². The Morgan fingerprint density at radius 3 is 2.04 bits per heavy atom. The predicted octanol–water partition coefficient (Wildman–Crippen LogP) is 3.50. The van der Waals surface area contributed by atoms with E-state index >= 15 is 0 Å². The van der Waals surface area contributed by atoms with Crippen molar-refractivity contribution in [3.63, 3.8) is 0 Å². The van der Waals surface area contributed by atoms with Crippen LogP contribution < -0.4 is 5.23 Å². The molecule has 0 fully saturated rings. The van der Waals surface area contributed by atoms with E-state index in [0.717, 1.165) is 0 Å². The highest BCUT2D eigenvalue weighted by atomic mass is 79.9. The smallest absolute Gasteiger partial charge is 0.373 e. The topological polar surface area (TPSA) is 107 Å². The minimum atomic E-state index is -0.573. The molecule has 0 atom stereocenters. The van der Waals surface area contributed by atoms with Crippen LogP contribution in [0.5, 0.6) is 11.5 Å². The molecule has 0 heterocycles. The second kappa shape index (κ2) is 11.4. The zero-order chi connectivity index (χ0) is 21.3. The number of nitrogens with one attached hydrogen (secondary N) is 1. The molecule has 0 amide bonds. The molecule has 8 heteroatoms. The van der Waals surface area contributed by atoms with Gasteiger partial charge < -0.3 is 20.5 Å². The number of hydrogen-bond donors (Lipinski definition) is 4. The van der Waals surface area contributed by atoms with Gasteiger partial charge in [-0.2, -0.15) is 0 Å². The summed E-state index contributed by atoms with van der Waals surface area (Å²) < 4.78 is 0.621. The van der Waals surface area contributed by atoms with E-state index in [2.05, 4.69) is 21.2 Å². The van der Waals surface area contributed by atoms with Crippen LogP contribution in [-0.2, 0) is 0 Å². The van der Waals surface area contributed by atoms with E-state index in [1.165, 1.54) is 0 Å². The molecule has 6 nitrogen and oxygen atoms in total. The van der Waals surface area contributed by atoms with Crippen LogP contribution in [0.3, 0.4) is 0 Å². The molecule has 2 aromatic rings. The second-order valence-electron chi connectivity index (χ2n) is 6.08. The van der Waals surface area contributed by atoms with E-state index < -0.39 is 7.05 Å². The van der Waals surface area contributed by atoms with Crippen molar-refractivity contribution in [2.45, 2.75) is 20.7 Å². The Bertz CT molecular complexity index is 868. The normalized spacial score (nSPS) is 10.3. The Morgan fingerprint density at radius 1 is 1.00 bits per heavy atom. The monoisotopic (exact) mass is 447 g/mol. The lowest BCUT2D eigenvalue weighted by Crippen LogP contribution is -2.30. The van der Waals surface area contributed by atoms with E-state index in [9.17, 15) is 19.8 Å². The standard InChI is InChI=1S/C12H16BNO3.C8H7BrO2/c1-9-5-6-10(11(8-15)12(9)16)4-3-7-14-13(2)17;1-5-2-3-7(9)6(4-10)8(5)11/h3-6,8,14,16-17H,7H2,1-2H3;2-4,11H,1H3/b4-3+;. The Balaban J connectivity index is 0.000000307. The summed E-state index contributed by atoms with van der Waals surface area (Å²) in [6.07, 6.45) is 4.79. The first-order valence-corrected chi connectivity index (χ1v) is 9.31. The number of benzene rings is 2. The molecule has 148 valence electrons. The van der Waals surface area contributed by atoms with Crippen molar-refractivity contribution in [1.82, 2.24) is 5.23 Å². The number of aryl methyl sites for hydroxylation is 2. The lowest BCUT2D eigenvalue weighted by Gasteiger charge is -2.05. The maximum absolute atomic E-state index is 10.9. The van der Waals surface area contributed by atoms with Gasteiger partial charge in [0.25, 0.3) is 0 Å². The van der Waals surface area contributed by atoms with Gasteiger partial charge in [0.15, 0.2) is 12.6 Å². The van der Waals surface area contributed by atoms with Crippen molar-refractivity contribution in [3.8, 4) is 11.5 Å². The SMILES string of the molecule is CB(O)NC/C=C/c1ccc(C)c(O)c1C=O.Cc1ccc(Br)c(C=O)c1O. The van der Waals surface area contributed by atoms with Gasteiger partial charge in [0, 0.05) is 11.0 Å². The molecule has 0 saturated heterocycles. The summed E-state index contributed by atoms with van der Waals surface area (Å²) in [6, 6.07) is 7.01. The molecule has 0 unspecified atom stereocenters. The number of carbonyl (C=O) groups is 2. The van der Waals surface area contributed by atoms with Crippen molar-refractivity contribution >= 4 is 41.6 Å². The first-order valence-electron chi connectivity index (χ1n) is 8.51. The molecule has 4 N–H and O–H groups in total. The average molecular weight is 448 g/mol. The van der Waals surface area contributed by atoms with Crippen molar-refractivity contribution < 1.29 is 24.8 Å². The van der Waals surface area contributed by atoms with Crippen LogP contribution in [0.1, 0.15) is 37.4 Å². The fourth-order valence-corrected chi connectivity index (χ4v) is 2.64. The number of rotatable bonds is 6. The summed E-state index contributed by atoms with van der Waals surface area (Å²) in [7, 11) is -0.573. The molecule has 0 spiro atoms. The molecular formula is C20H23BBrNO5. The van der Waals surface area contributed by atoms with Crippen molar-refractivity contribution in [1.29, 1.82) is 0 Å². The number of phenolic OH excluding ortho intramolecular Hbond substituents is 2. The van der Waals surface area contributed by atoms with Crippen LogP contribution in [0.4, 0.5) is 0 Å². The lowest BCUT2D eigenvalue weighted by atomic mass is 9.89. The van der Waals surface area contributed by atoms with Gasteiger partial charge in [-0.1, -0.05) is 30.4 Å². The molecule has 2 aromatic carbocycles. The van der Waals surface area contributed by atoms with Gasteiger partial charge >= 0.3 is 7.05 Å². The van der Waals surface area contributed by atoms with E-state index in [-0.39, 0.29) is 11.5 Å². The fourth-order valence-electron chi connectivity index (χ4n) is 2.23. The van der Waals surface area contributed by atoms with E-state index in [1.54, 1.807) is 57.1 Å². The summed E-state index contributed by atoms with van der Waals surface area (Å²) in [6.45, 7) is 5.60. The zero-order valence-electron chi connectivity index (χ0n) is 15.9. The van der Waals surface area contributed by atoms with Crippen molar-refractivity contribution in [3.05, 3.63) is 62.6 Å². The minimum absolute atomic E-state index is 0.0191. The second-order valence-corrected chi connectivity index (χ2v) is 6.94. The maximum atomic E-state index is 10.9. The summed E-state index contributed by atoms with van der Waals surface area (Å²) >= 11 is 3.15. The van der Waals surface area contributed by atoms with Gasteiger partial charge in [-0.05, 0) is 59.4 Å². The third-order valence-electron chi connectivity index (χ3n) is 3.88. The van der Waals surface area contributed by atoms with E-state index in [4.69, 9.17) is 5.02 Å². The predicted molar refractivity (Wildman–Crippen MR) is 115 cm³/mol. The lowest BCUT2D eigenvalue weighted by molar-refractivity contribution is 0.111. The zero-order valence-corrected chi connectivity index (χ0v) is 17.5. The molecular weight excluding hydrogens is 425 g/mol. The maximum Gasteiger partial charge on any atom is 0.373 e. The minimum Gasteiger partial charge on any atom is -0.507 e. The summed E-state index contributed by atoms with van der Waals surface area (Å²) in [5, 5.41) is 30.8. The van der Waals surface area contributed by atoms with Crippen molar-refractivity contribution in [2.24, 2.45) is 0 Å². The third kappa shape index (κ3) is 6.63. The Kier molecular flexibility index (Phi) is 9.65. The Labute approximate surface area is 173 Å². The average Bonchev–Trinajstić information content (AvgIpc) is 2.66. The first kappa shape index (κ1) is 23.6. The van der Waals surface area contributed by atoms with Crippen LogP contribution in [0.2, 0.25) is 6.82 Å². The quantitative estimate of drug-likeness (QED) is 0.398. The highest BCUT2D eigenvalue weighted by Gasteiger charge is 2.07. The van der Waals surface area contributed by atoms with E-state index in [0.29, 0.717) is 51.4 Å². The summed E-state index contributed by atoms with van der Waals surface area (Å²) in [5.74, 6) is 0.0695. The summed E-state index contributed by atoms with van der Waals surface area (Å²) in [5.41, 5.74) is 2.64. The van der Waals surface area contributed by atoms with Crippen molar-refractivity contribution in [2.75, 3.05) is 6.54 Å². The first-order chi connectivity index (χ1) is 13.2. The molecule has 0 bridgehead atoms. The highest BCUT2D eigenvalue weighted by Crippen LogP contribution is 2.27. The van der Waals surface area contributed by atoms with Crippen LogP contribution in [-0.4, -0.2) is 41.4 Å².